The van der Waals surface area contributed by atoms with E-state index in [1.807, 2.05) is 11.0 Å². The van der Waals surface area contributed by atoms with Crippen LogP contribution in [0.4, 0.5) is 18.0 Å². The van der Waals surface area contributed by atoms with Gasteiger partial charge in [0.15, 0.2) is 0 Å². The predicted molar refractivity (Wildman–Crippen MR) is 94.0 cm³/mol. The van der Waals surface area contributed by atoms with E-state index in [1.54, 1.807) is 6.07 Å². The lowest BCUT2D eigenvalue weighted by Gasteiger charge is -2.44. The summed E-state index contributed by atoms with van der Waals surface area (Å²) in [5, 5.41) is 2.80. The smallest absolute Gasteiger partial charge is 0.447 e. The molecule has 1 aromatic carbocycles. The second kappa shape index (κ2) is 6.03. The summed E-state index contributed by atoms with van der Waals surface area (Å²) >= 11 is 0. The van der Waals surface area contributed by atoms with E-state index in [-0.39, 0.29) is 34.4 Å². The maximum absolute atomic E-state index is 12.8. The van der Waals surface area contributed by atoms with Crippen LogP contribution in [0.2, 0.25) is 0 Å². The molecule has 1 spiro atoms. The van der Waals surface area contributed by atoms with Gasteiger partial charge in [0.2, 0.25) is 5.91 Å². The third-order valence-corrected chi connectivity index (χ3v) is 6.93. The third kappa shape index (κ3) is 3.20. The maximum atomic E-state index is 12.8. The minimum absolute atomic E-state index is 0.103. The van der Waals surface area contributed by atoms with Crippen molar-refractivity contribution in [2.24, 2.45) is 11.8 Å². The summed E-state index contributed by atoms with van der Waals surface area (Å²) in [5.74, 6) is 0.0530. The minimum Gasteiger partial charge on any atom is -0.447 e. The van der Waals surface area contributed by atoms with Gasteiger partial charge in [-0.1, -0.05) is 12.1 Å². The molecule has 0 radical (unpaired) electrons. The van der Waals surface area contributed by atoms with Gasteiger partial charge in [-0.05, 0) is 49.3 Å². The average molecular weight is 410 g/mol. The summed E-state index contributed by atoms with van der Waals surface area (Å²) in [5.41, 5.74) is 0.315. The quantitative estimate of drug-likeness (QED) is 0.832. The Morgan fingerprint density at radius 1 is 1.28 bits per heavy atom. The molecule has 6 nitrogen and oxygen atoms in total. The lowest BCUT2D eigenvalue weighted by molar-refractivity contribution is -0.274. The second-order valence-corrected chi connectivity index (χ2v) is 8.75. The molecule has 0 bridgehead atoms. The van der Waals surface area contributed by atoms with E-state index < -0.39 is 12.5 Å². The van der Waals surface area contributed by atoms with E-state index in [4.69, 9.17) is 4.74 Å². The molecule has 2 aliphatic carbocycles. The molecule has 4 fully saturated rings. The summed E-state index contributed by atoms with van der Waals surface area (Å²) in [6.45, 7) is 1.53. The number of nitrogens with zero attached hydrogens (tertiary/aromatic N) is 1. The van der Waals surface area contributed by atoms with Crippen LogP contribution in [-0.4, -0.2) is 48.5 Å². The lowest BCUT2D eigenvalue weighted by Crippen LogP contribution is -2.58. The van der Waals surface area contributed by atoms with Gasteiger partial charge in [-0.25, -0.2) is 4.79 Å². The van der Waals surface area contributed by atoms with Crippen LogP contribution in [-0.2, 0) is 14.9 Å². The van der Waals surface area contributed by atoms with Gasteiger partial charge < -0.3 is 19.7 Å². The van der Waals surface area contributed by atoms with Crippen molar-refractivity contribution in [1.29, 1.82) is 0 Å². The number of likely N-dealkylation sites (tertiary alicyclic amines) is 1. The van der Waals surface area contributed by atoms with Crippen molar-refractivity contribution >= 4 is 12.0 Å². The molecule has 0 aromatic heterocycles. The SMILES string of the molecule is O=C1N[C@]2(CO1)C[C@H](C(=O)N1CCC3(c4cccc(OC(F)(F)F)c4)CC3C1)C2. The number of halogens is 3. The standard InChI is InChI=1S/C20H21F3N2O4/c21-20(22,23)29-15-3-1-2-13(6-15)19-4-5-25(10-14(19)9-19)16(26)12-7-18(8-12)11-28-17(27)24-18/h1-3,6,12,14H,4-5,7-11H2,(H,24,27)/t12-,14?,18+,19?. The highest BCUT2D eigenvalue weighted by atomic mass is 19.4. The van der Waals surface area contributed by atoms with Crippen LogP contribution in [0.3, 0.4) is 0 Å². The Balaban J connectivity index is 1.21. The fourth-order valence-corrected chi connectivity index (χ4v) is 5.35. The molecule has 2 aliphatic heterocycles. The van der Waals surface area contributed by atoms with Crippen LogP contribution in [0.15, 0.2) is 24.3 Å². The van der Waals surface area contributed by atoms with Crippen molar-refractivity contribution < 1.29 is 32.2 Å². The zero-order valence-electron chi connectivity index (χ0n) is 15.6. The fourth-order valence-electron chi connectivity index (χ4n) is 5.35. The Morgan fingerprint density at radius 2 is 2.07 bits per heavy atom. The molecule has 1 aromatic rings. The van der Waals surface area contributed by atoms with E-state index in [2.05, 4.69) is 10.1 Å². The molecule has 4 aliphatic rings. The molecule has 2 unspecified atom stereocenters. The van der Waals surface area contributed by atoms with Gasteiger partial charge in [-0.3, -0.25) is 4.79 Å². The number of alkyl carbamates (subject to hydrolysis) is 1. The number of hydrogen-bond donors (Lipinski definition) is 1. The molecular weight excluding hydrogens is 389 g/mol. The molecule has 29 heavy (non-hydrogen) atoms. The number of carbonyl (C=O) groups excluding carboxylic acids is 2. The van der Waals surface area contributed by atoms with Crippen molar-refractivity contribution in [1.82, 2.24) is 10.2 Å². The molecule has 1 N–H and O–H groups in total. The largest absolute Gasteiger partial charge is 0.573 e. The van der Waals surface area contributed by atoms with Crippen molar-refractivity contribution in [2.75, 3.05) is 19.7 Å². The maximum Gasteiger partial charge on any atom is 0.573 e. The van der Waals surface area contributed by atoms with Crippen LogP contribution >= 0.6 is 0 Å². The van der Waals surface area contributed by atoms with Gasteiger partial charge in [0.05, 0.1) is 5.54 Å². The molecule has 9 heteroatoms. The van der Waals surface area contributed by atoms with Crippen LogP contribution < -0.4 is 10.1 Å². The first-order valence-electron chi connectivity index (χ1n) is 9.78. The van der Waals surface area contributed by atoms with Gasteiger partial charge in [0.1, 0.15) is 12.4 Å². The van der Waals surface area contributed by atoms with Crippen LogP contribution in [0.25, 0.3) is 0 Å². The number of benzene rings is 1. The highest BCUT2D eigenvalue weighted by molar-refractivity contribution is 5.82. The minimum atomic E-state index is -4.71. The Morgan fingerprint density at radius 3 is 2.72 bits per heavy atom. The van der Waals surface area contributed by atoms with E-state index >= 15 is 0 Å². The molecule has 2 atom stereocenters. The van der Waals surface area contributed by atoms with Crippen LogP contribution in [0.5, 0.6) is 5.75 Å². The molecule has 2 saturated carbocycles. The Kier molecular flexibility index (Phi) is 3.86. The number of fused-ring (bicyclic) bond motifs is 1. The summed E-state index contributed by atoms with van der Waals surface area (Å²) in [6.07, 6.45) is -2.34. The number of nitrogens with one attached hydrogen (secondary N) is 1. The van der Waals surface area contributed by atoms with E-state index in [0.717, 1.165) is 18.4 Å². The van der Waals surface area contributed by atoms with Gasteiger partial charge >= 0.3 is 12.5 Å². The van der Waals surface area contributed by atoms with E-state index in [9.17, 15) is 22.8 Å². The zero-order valence-corrected chi connectivity index (χ0v) is 15.6. The number of rotatable bonds is 3. The lowest BCUT2D eigenvalue weighted by atomic mass is 9.68. The van der Waals surface area contributed by atoms with Crippen LogP contribution in [0.1, 0.15) is 31.2 Å². The normalized spacial score (nSPS) is 35.4. The van der Waals surface area contributed by atoms with Crippen molar-refractivity contribution in [3.63, 3.8) is 0 Å². The van der Waals surface area contributed by atoms with Crippen molar-refractivity contribution in [2.45, 2.75) is 43.0 Å². The number of alkyl halides is 3. The molecule has 5 rings (SSSR count). The number of carbonyl (C=O) groups is 2. The first-order chi connectivity index (χ1) is 13.7. The number of piperidine rings is 1. The summed E-state index contributed by atoms with van der Waals surface area (Å²) < 4.78 is 46.5. The molecular formula is C20H21F3N2O4. The summed E-state index contributed by atoms with van der Waals surface area (Å²) in [4.78, 5) is 26.0. The predicted octanol–water partition coefficient (Wildman–Crippen LogP) is 2.96. The number of ether oxygens (including phenoxy) is 2. The van der Waals surface area contributed by atoms with Gasteiger partial charge in [0, 0.05) is 24.4 Å². The summed E-state index contributed by atoms with van der Waals surface area (Å²) in [6, 6.07) is 6.22. The Hall–Kier alpha value is -2.45. The van der Waals surface area contributed by atoms with E-state index in [0.29, 0.717) is 32.5 Å². The van der Waals surface area contributed by atoms with Gasteiger partial charge in [-0.2, -0.15) is 0 Å². The second-order valence-electron chi connectivity index (χ2n) is 8.75. The Bertz CT molecular complexity index is 868. The topological polar surface area (TPSA) is 67.9 Å². The van der Waals surface area contributed by atoms with E-state index in [1.165, 1.54) is 12.1 Å². The summed E-state index contributed by atoms with van der Waals surface area (Å²) in [7, 11) is 0. The number of amides is 2. The van der Waals surface area contributed by atoms with Crippen molar-refractivity contribution in [3.05, 3.63) is 29.8 Å². The molecule has 2 saturated heterocycles. The third-order valence-electron chi connectivity index (χ3n) is 6.93. The molecule has 2 heterocycles. The first kappa shape index (κ1) is 18.6. The monoisotopic (exact) mass is 410 g/mol. The molecule has 156 valence electrons. The highest BCUT2D eigenvalue weighted by Crippen LogP contribution is 2.60. The Labute approximate surface area is 165 Å². The fraction of sp³-hybridized carbons (Fsp3) is 0.600. The number of cyclic esters (lactones) is 1. The average Bonchev–Trinajstić information content (AvgIpc) is 3.24. The van der Waals surface area contributed by atoms with Crippen molar-refractivity contribution in [3.8, 4) is 5.75 Å². The van der Waals surface area contributed by atoms with Crippen LogP contribution in [0, 0.1) is 11.8 Å². The molecule has 2 amide bonds. The zero-order chi connectivity index (χ0) is 20.4. The number of hydrogen-bond acceptors (Lipinski definition) is 4. The highest BCUT2D eigenvalue weighted by Gasteiger charge is 2.60. The van der Waals surface area contributed by atoms with Gasteiger partial charge in [-0.15, -0.1) is 13.2 Å². The van der Waals surface area contributed by atoms with Gasteiger partial charge in [0.25, 0.3) is 0 Å². The first-order valence-corrected chi connectivity index (χ1v) is 9.78.